The largest absolute Gasteiger partial charge is 0.510 e. The lowest BCUT2D eigenvalue weighted by atomic mass is 9.53. The number of rotatable bonds is 11. The van der Waals surface area contributed by atoms with Crippen molar-refractivity contribution in [3.8, 4) is 0 Å². The van der Waals surface area contributed by atoms with E-state index in [1.54, 1.807) is 6.92 Å². The first-order chi connectivity index (χ1) is 19.2. The third kappa shape index (κ3) is 6.42. The summed E-state index contributed by atoms with van der Waals surface area (Å²) in [4.78, 5) is 39.4. The highest BCUT2D eigenvalue weighted by Gasteiger charge is 2.58. The summed E-state index contributed by atoms with van der Waals surface area (Å²) in [7, 11) is 0. The molecule has 0 unspecified atom stereocenters. The summed E-state index contributed by atoms with van der Waals surface area (Å²) < 4.78 is 6.20. The molecule has 0 spiro atoms. The molecule has 0 fully saturated rings. The molecule has 3 rings (SSSR count). The van der Waals surface area contributed by atoms with Gasteiger partial charge in [0.1, 0.15) is 17.1 Å². The maximum Gasteiger partial charge on any atom is 0.350 e. The molecule has 0 saturated carbocycles. The number of fused-ring (bicyclic) bond motifs is 1. The van der Waals surface area contributed by atoms with Crippen LogP contribution in [0.4, 0.5) is 0 Å². The van der Waals surface area contributed by atoms with Crippen molar-refractivity contribution in [1.29, 1.82) is 0 Å². The number of aliphatic carboxylic acids is 1. The van der Waals surface area contributed by atoms with Crippen LogP contribution in [0, 0.1) is 22.7 Å². The molecular formula is C35H46O6. The van der Waals surface area contributed by atoms with E-state index in [0.717, 1.165) is 16.7 Å². The van der Waals surface area contributed by atoms with Crippen molar-refractivity contribution in [2.24, 2.45) is 22.7 Å². The summed E-state index contributed by atoms with van der Waals surface area (Å²) in [5, 5.41) is 22.2. The molecule has 0 amide bonds. The van der Waals surface area contributed by atoms with Crippen molar-refractivity contribution in [2.75, 3.05) is 0 Å². The highest BCUT2D eigenvalue weighted by atomic mass is 16.5. The zero-order valence-electron chi connectivity index (χ0n) is 25.8. The molecule has 1 aromatic rings. The van der Waals surface area contributed by atoms with Gasteiger partial charge in [-0.05, 0) is 75.8 Å². The third-order valence-corrected chi connectivity index (χ3v) is 8.98. The quantitative estimate of drug-likeness (QED) is 0.160. The van der Waals surface area contributed by atoms with Crippen molar-refractivity contribution in [1.82, 2.24) is 0 Å². The standard InChI is InChI=1S/C35H46O6/c1-9-23(6)30(38)28-31(39)35(18-17-22(4)5)20-25(16-15-21(2)3)34(7,8)29(32(35)41-33(28)40)26(19-27(36)37)24-13-11-10-12-14-24/h10-15,17,23,25-26,39H,9,16,18-20H2,1-8H3,(H,36,37)/t23-,25+,26+,35-/m1/s1. The Hall–Kier alpha value is -3.41. The summed E-state index contributed by atoms with van der Waals surface area (Å²) in [6.45, 7) is 15.8. The van der Waals surface area contributed by atoms with Crippen molar-refractivity contribution in [2.45, 2.75) is 93.4 Å². The number of aliphatic hydroxyl groups is 1. The first-order valence-electron chi connectivity index (χ1n) is 14.7. The number of allylic oxidation sites excluding steroid dienone is 5. The van der Waals surface area contributed by atoms with Gasteiger partial charge in [-0.2, -0.15) is 0 Å². The van der Waals surface area contributed by atoms with Crippen LogP contribution < -0.4 is 0 Å². The van der Waals surface area contributed by atoms with Crippen LogP contribution in [0.3, 0.4) is 0 Å². The molecular weight excluding hydrogens is 516 g/mol. The molecule has 1 aromatic carbocycles. The molecule has 0 saturated heterocycles. The molecule has 1 heterocycles. The Kier molecular flexibility index (Phi) is 9.89. The van der Waals surface area contributed by atoms with Crippen LogP contribution >= 0.6 is 0 Å². The third-order valence-electron chi connectivity index (χ3n) is 8.98. The first-order valence-corrected chi connectivity index (χ1v) is 14.7. The van der Waals surface area contributed by atoms with Crippen LogP contribution in [-0.4, -0.2) is 27.9 Å². The molecule has 6 heteroatoms. The van der Waals surface area contributed by atoms with E-state index in [1.807, 2.05) is 71.0 Å². The smallest absolute Gasteiger partial charge is 0.350 e. The number of ketones is 1. The Morgan fingerprint density at radius 2 is 1.68 bits per heavy atom. The lowest BCUT2D eigenvalue weighted by Gasteiger charge is -2.53. The Bertz CT molecular complexity index is 1300. The van der Waals surface area contributed by atoms with E-state index in [0.29, 0.717) is 37.0 Å². The summed E-state index contributed by atoms with van der Waals surface area (Å²) >= 11 is 0. The summed E-state index contributed by atoms with van der Waals surface area (Å²) in [6, 6.07) is 9.41. The van der Waals surface area contributed by atoms with Crippen LogP contribution in [0.1, 0.15) is 99.0 Å². The van der Waals surface area contributed by atoms with Crippen LogP contribution in [0.2, 0.25) is 0 Å². The van der Waals surface area contributed by atoms with E-state index in [-0.39, 0.29) is 23.7 Å². The van der Waals surface area contributed by atoms with Gasteiger partial charge >= 0.3 is 11.9 Å². The molecule has 1 aliphatic heterocycles. The number of hydrogen-bond acceptors (Lipinski definition) is 5. The Morgan fingerprint density at radius 1 is 1.07 bits per heavy atom. The van der Waals surface area contributed by atoms with Gasteiger partial charge in [0.25, 0.3) is 0 Å². The molecule has 222 valence electrons. The summed E-state index contributed by atoms with van der Waals surface area (Å²) in [6.07, 6.45) is 5.93. The minimum Gasteiger partial charge on any atom is -0.510 e. The summed E-state index contributed by atoms with van der Waals surface area (Å²) in [5.74, 6) is -3.32. The molecule has 6 nitrogen and oxygen atoms in total. The predicted molar refractivity (Wildman–Crippen MR) is 161 cm³/mol. The molecule has 4 atom stereocenters. The van der Waals surface area contributed by atoms with Crippen molar-refractivity contribution >= 4 is 17.7 Å². The van der Waals surface area contributed by atoms with Crippen molar-refractivity contribution < 1.29 is 29.3 Å². The zero-order valence-corrected chi connectivity index (χ0v) is 25.8. The second-order valence-corrected chi connectivity index (χ2v) is 12.8. The fraction of sp³-hybridized carbons (Fsp3) is 0.514. The van der Waals surface area contributed by atoms with E-state index in [2.05, 4.69) is 19.9 Å². The molecule has 0 aromatic heterocycles. The lowest BCUT2D eigenvalue weighted by molar-refractivity contribution is -0.143. The number of benzene rings is 1. The van der Waals surface area contributed by atoms with Crippen molar-refractivity contribution in [3.63, 3.8) is 0 Å². The van der Waals surface area contributed by atoms with E-state index in [1.165, 1.54) is 0 Å². The van der Waals surface area contributed by atoms with E-state index < -0.39 is 40.4 Å². The second kappa shape index (κ2) is 12.6. The number of carboxylic acids is 1. The van der Waals surface area contributed by atoms with Crippen LogP contribution in [0.5, 0.6) is 0 Å². The van der Waals surface area contributed by atoms with Gasteiger partial charge in [0.15, 0.2) is 5.78 Å². The normalized spacial score (nSPS) is 23.2. The van der Waals surface area contributed by atoms with Crippen LogP contribution in [-0.2, 0) is 19.1 Å². The lowest BCUT2D eigenvalue weighted by Crippen LogP contribution is -2.48. The van der Waals surface area contributed by atoms with Gasteiger partial charge in [0.2, 0.25) is 0 Å². The highest BCUT2D eigenvalue weighted by molar-refractivity contribution is 6.19. The Balaban J connectivity index is 2.50. The molecule has 0 bridgehead atoms. The monoisotopic (exact) mass is 562 g/mol. The first kappa shape index (κ1) is 32.1. The van der Waals surface area contributed by atoms with Gasteiger partial charge in [-0.25, -0.2) is 4.79 Å². The Labute approximate surface area is 244 Å². The number of carboxylic acid groups (broad SMARTS) is 1. The average Bonchev–Trinajstić information content (AvgIpc) is 2.90. The molecule has 2 aliphatic rings. The van der Waals surface area contributed by atoms with Gasteiger partial charge in [0, 0.05) is 11.8 Å². The number of aliphatic hydroxyl groups excluding tert-OH is 1. The van der Waals surface area contributed by atoms with E-state index in [9.17, 15) is 24.6 Å². The minimum atomic E-state index is -1.18. The maximum atomic E-state index is 13.6. The fourth-order valence-electron chi connectivity index (χ4n) is 6.29. The SMILES string of the molecule is CC[C@@H](C)C(=O)C1=C(O)[C@@]2(CC=C(C)C)C[C@H](CC=C(C)C)C(C)(C)C([C@@H](CC(=O)O)c3ccccc3)=C2OC1=O. The van der Waals surface area contributed by atoms with Gasteiger partial charge < -0.3 is 14.9 Å². The molecule has 0 radical (unpaired) electrons. The molecule has 1 aliphatic carbocycles. The van der Waals surface area contributed by atoms with Crippen molar-refractivity contribution in [3.05, 3.63) is 81.9 Å². The molecule has 41 heavy (non-hydrogen) atoms. The predicted octanol–water partition coefficient (Wildman–Crippen LogP) is 8.23. The number of hydrogen-bond donors (Lipinski definition) is 2. The average molecular weight is 563 g/mol. The number of esters is 1. The second-order valence-electron chi connectivity index (χ2n) is 12.8. The van der Waals surface area contributed by atoms with Crippen LogP contribution in [0.25, 0.3) is 0 Å². The van der Waals surface area contributed by atoms with E-state index >= 15 is 0 Å². The Morgan fingerprint density at radius 3 is 2.22 bits per heavy atom. The zero-order chi connectivity index (χ0) is 30.7. The number of carbonyl (C=O) groups is 3. The number of carbonyl (C=O) groups excluding carboxylic acids is 2. The van der Waals surface area contributed by atoms with Gasteiger partial charge in [-0.3, -0.25) is 9.59 Å². The minimum absolute atomic E-state index is 0.0411. The fourth-order valence-corrected chi connectivity index (χ4v) is 6.29. The van der Waals surface area contributed by atoms with Gasteiger partial charge in [-0.1, -0.05) is 81.3 Å². The van der Waals surface area contributed by atoms with Gasteiger partial charge in [0.05, 0.1) is 11.8 Å². The number of ether oxygens (including phenoxy) is 1. The number of Topliss-reactive ketones (excluding diaryl/α,β-unsaturated/α-hetero) is 1. The highest BCUT2D eigenvalue weighted by Crippen LogP contribution is 2.63. The molecule has 2 N–H and O–H groups in total. The van der Waals surface area contributed by atoms with Gasteiger partial charge in [-0.15, -0.1) is 0 Å². The van der Waals surface area contributed by atoms with E-state index in [4.69, 9.17) is 4.74 Å². The topological polar surface area (TPSA) is 101 Å². The summed E-state index contributed by atoms with van der Waals surface area (Å²) in [5.41, 5.74) is 1.62. The van der Waals surface area contributed by atoms with Crippen LogP contribution in [0.15, 0.2) is 76.3 Å². The maximum absolute atomic E-state index is 13.6.